The van der Waals surface area contributed by atoms with Crippen molar-refractivity contribution < 1.29 is 37.3 Å². The first-order valence-electron chi connectivity index (χ1n) is 19.4. The molecule has 1 saturated carbocycles. The number of aliphatic hydroxyl groups excluding tert-OH is 1. The molecule has 1 fully saturated rings. The smallest absolute Gasteiger partial charge is 0.338 e. The first-order chi connectivity index (χ1) is 26.9. The van der Waals surface area contributed by atoms with Gasteiger partial charge < -0.3 is 24.2 Å². The predicted octanol–water partition coefficient (Wildman–Crippen LogP) is 7.29. The number of halogens is 1. The van der Waals surface area contributed by atoms with Crippen LogP contribution in [0.25, 0.3) is 0 Å². The molecule has 12 heteroatoms. The molecule has 56 heavy (non-hydrogen) atoms. The van der Waals surface area contributed by atoms with Gasteiger partial charge in [-0.3, -0.25) is 4.79 Å². The number of methoxy groups -OCH3 is 1. The number of hydrogen-bond donors (Lipinski definition) is 2. The highest BCUT2D eigenvalue weighted by atomic mass is 35.5. The SMILES string of the molecule is C=CC[C@H](C)[C@@H](C[C@@H](COC)OC(=O)c1ccccc1)S(=O)(=O)NC(=O)c1ccc2c(c1)N(C[C@@H]1CC[C@H]1[C@@H](O)C=C)C[C@@]1(CCCc3cc(Cl)ccc31)CO2. The lowest BCUT2D eigenvalue weighted by molar-refractivity contribution is 0.00170. The molecule has 2 aliphatic carbocycles. The number of fused-ring (bicyclic) bond motifs is 3. The van der Waals surface area contributed by atoms with Crippen molar-refractivity contribution in [2.75, 3.05) is 38.3 Å². The summed E-state index contributed by atoms with van der Waals surface area (Å²) in [6.07, 6.45) is 6.56. The molecule has 1 heterocycles. The third-order valence-corrected chi connectivity index (χ3v) is 14.0. The van der Waals surface area contributed by atoms with Crippen LogP contribution in [0, 0.1) is 17.8 Å². The number of esters is 1. The molecule has 7 atom stereocenters. The number of carbonyl (C=O) groups is 2. The van der Waals surface area contributed by atoms with Crippen LogP contribution in [-0.4, -0.2) is 76.3 Å². The quantitative estimate of drug-likeness (QED) is 0.113. The summed E-state index contributed by atoms with van der Waals surface area (Å²) >= 11 is 6.44. The Kier molecular flexibility index (Phi) is 13.3. The van der Waals surface area contributed by atoms with Gasteiger partial charge in [0.25, 0.3) is 5.91 Å². The summed E-state index contributed by atoms with van der Waals surface area (Å²) < 4.78 is 48.4. The molecule has 300 valence electrons. The van der Waals surface area contributed by atoms with Gasteiger partial charge in [-0.15, -0.1) is 13.2 Å². The number of rotatable bonds is 16. The third-order valence-electron chi connectivity index (χ3n) is 11.8. The molecule has 2 N–H and O–H groups in total. The van der Waals surface area contributed by atoms with Crippen LogP contribution in [0.5, 0.6) is 5.75 Å². The predicted molar refractivity (Wildman–Crippen MR) is 219 cm³/mol. The number of allylic oxidation sites excluding steroid dienone is 1. The van der Waals surface area contributed by atoms with Crippen molar-refractivity contribution in [1.82, 2.24) is 4.72 Å². The minimum Gasteiger partial charge on any atom is -0.490 e. The number of amides is 1. The fourth-order valence-corrected chi connectivity index (χ4v) is 10.6. The van der Waals surface area contributed by atoms with Crippen LogP contribution in [0.2, 0.25) is 5.02 Å². The Morgan fingerprint density at radius 3 is 2.59 bits per heavy atom. The minimum absolute atomic E-state index is 0.0370. The molecule has 6 rings (SSSR count). The number of sulfonamides is 1. The van der Waals surface area contributed by atoms with E-state index < -0.39 is 45.3 Å². The summed E-state index contributed by atoms with van der Waals surface area (Å²) in [5, 5.41) is 10.3. The number of nitrogens with one attached hydrogen (secondary N) is 1. The highest BCUT2D eigenvalue weighted by Crippen LogP contribution is 2.46. The number of aliphatic hydroxyl groups is 1. The molecule has 3 aromatic carbocycles. The molecule has 1 aliphatic heterocycles. The van der Waals surface area contributed by atoms with Gasteiger partial charge in [-0.05, 0) is 110 Å². The maximum atomic E-state index is 14.2. The van der Waals surface area contributed by atoms with E-state index in [9.17, 15) is 23.1 Å². The molecule has 0 saturated heterocycles. The highest BCUT2D eigenvalue weighted by Gasteiger charge is 2.44. The number of anilines is 1. The zero-order valence-electron chi connectivity index (χ0n) is 32.2. The van der Waals surface area contributed by atoms with Crippen LogP contribution in [-0.2, 0) is 31.3 Å². The summed E-state index contributed by atoms with van der Waals surface area (Å²) in [7, 11) is -2.88. The summed E-state index contributed by atoms with van der Waals surface area (Å²) in [6, 6.07) is 19.5. The normalized spacial score (nSPS) is 22.5. The van der Waals surface area contributed by atoms with E-state index in [0.29, 0.717) is 48.1 Å². The molecular formula is C44H53ClN2O8S. The van der Waals surface area contributed by atoms with Crippen LogP contribution in [0.1, 0.15) is 77.3 Å². The van der Waals surface area contributed by atoms with Gasteiger partial charge in [-0.2, -0.15) is 0 Å². The Hall–Kier alpha value is -4.16. The van der Waals surface area contributed by atoms with E-state index in [1.165, 1.54) is 18.2 Å². The number of carbonyl (C=O) groups excluding carboxylic acids is 2. The molecule has 3 aliphatic rings. The van der Waals surface area contributed by atoms with Crippen LogP contribution < -0.4 is 14.4 Å². The summed E-state index contributed by atoms with van der Waals surface area (Å²) in [4.78, 5) is 29.2. The fourth-order valence-electron chi connectivity index (χ4n) is 8.72. The average Bonchev–Trinajstić information content (AvgIpc) is 3.32. The second-order valence-electron chi connectivity index (χ2n) is 15.6. The third kappa shape index (κ3) is 9.17. The maximum absolute atomic E-state index is 14.2. The monoisotopic (exact) mass is 804 g/mol. The highest BCUT2D eigenvalue weighted by molar-refractivity contribution is 7.90. The second kappa shape index (κ2) is 18.0. The Balaban J connectivity index is 1.28. The summed E-state index contributed by atoms with van der Waals surface area (Å²) in [5.41, 5.74) is 3.23. The Bertz CT molecular complexity index is 2010. The van der Waals surface area contributed by atoms with Gasteiger partial charge in [0.15, 0.2) is 0 Å². The number of nitrogens with zero attached hydrogens (tertiary/aromatic N) is 1. The van der Waals surface area contributed by atoms with E-state index in [1.807, 2.05) is 12.1 Å². The van der Waals surface area contributed by atoms with Crippen molar-refractivity contribution >= 4 is 39.2 Å². The van der Waals surface area contributed by atoms with Gasteiger partial charge in [0.05, 0.1) is 35.8 Å². The van der Waals surface area contributed by atoms with Gasteiger partial charge in [-0.25, -0.2) is 17.9 Å². The molecule has 0 aromatic heterocycles. The number of benzene rings is 3. The van der Waals surface area contributed by atoms with E-state index >= 15 is 0 Å². The van der Waals surface area contributed by atoms with Crippen molar-refractivity contribution in [3.8, 4) is 5.75 Å². The molecule has 0 radical (unpaired) electrons. The fraction of sp³-hybridized carbons (Fsp3) is 0.455. The zero-order chi connectivity index (χ0) is 40.0. The van der Waals surface area contributed by atoms with Crippen molar-refractivity contribution in [2.45, 2.75) is 74.7 Å². The zero-order valence-corrected chi connectivity index (χ0v) is 33.8. The Morgan fingerprint density at radius 2 is 1.89 bits per heavy atom. The van der Waals surface area contributed by atoms with E-state index in [0.717, 1.165) is 32.1 Å². The van der Waals surface area contributed by atoms with E-state index in [4.69, 9.17) is 25.8 Å². The Morgan fingerprint density at radius 1 is 1.11 bits per heavy atom. The van der Waals surface area contributed by atoms with E-state index in [2.05, 4.69) is 28.8 Å². The van der Waals surface area contributed by atoms with Gasteiger partial charge in [-0.1, -0.05) is 54.9 Å². The van der Waals surface area contributed by atoms with Crippen molar-refractivity contribution in [1.29, 1.82) is 0 Å². The molecule has 3 aromatic rings. The van der Waals surface area contributed by atoms with Gasteiger partial charge >= 0.3 is 5.97 Å². The van der Waals surface area contributed by atoms with Crippen molar-refractivity contribution in [3.63, 3.8) is 0 Å². The lowest BCUT2D eigenvalue weighted by Gasteiger charge is -2.45. The molecule has 0 bridgehead atoms. The van der Waals surface area contributed by atoms with Gasteiger partial charge in [0.2, 0.25) is 10.0 Å². The van der Waals surface area contributed by atoms with Crippen LogP contribution >= 0.6 is 11.6 Å². The van der Waals surface area contributed by atoms with Crippen LogP contribution in [0.15, 0.2) is 92.0 Å². The van der Waals surface area contributed by atoms with Crippen LogP contribution in [0.4, 0.5) is 5.69 Å². The number of ether oxygens (including phenoxy) is 3. The maximum Gasteiger partial charge on any atom is 0.338 e. The van der Waals surface area contributed by atoms with E-state index in [-0.39, 0.29) is 35.8 Å². The summed E-state index contributed by atoms with van der Waals surface area (Å²) in [5.74, 6) is -1.02. The summed E-state index contributed by atoms with van der Waals surface area (Å²) in [6.45, 7) is 11.0. The Labute approximate surface area is 335 Å². The molecule has 1 amide bonds. The first kappa shape index (κ1) is 41.5. The molecule has 10 nitrogen and oxygen atoms in total. The first-order valence-corrected chi connectivity index (χ1v) is 21.3. The lowest BCUT2D eigenvalue weighted by atomic mass is 9.68. The standard InChI is InChI=1S/C44H53ClN2O8S/c1-5-11-29(3)41(24-35(26-53-4)55-43(50)30-12-8-7-9-13-30)56(51,52)46-42(49)32-16-20-40-38(23-32)47(25-33-15-18-36(33)39(48)6-2)27-44(28-54-40)21-10-14-31-22-34(45)17-19-37(31)44/h5-9,12-13,16-17,19-20,22-23,29,33,35-36,39,41,48H,1-2,10-11,14-15,18,21,24-28H2,3-4H3,(H,46,49)/t29-,33-,35-,36+,39-,41+,44-/m0/s1. The lowest BCUT2D eigenvalue weighted by Crippen LogP contribution is -2.49. The second-order valence-corrected chi connectivity index (χ2v) is 18.0. The van der Waals surface area contributed by atoms with Crippen molar-refractivity contribution in [2.24, 2.45) is 17.8 Å². The number of aryl methyl sites for hydroxylation is 1. The molecule has 0 unspecified atom stereocenters. The van der Waals surface area contributed by atoms with Crippen molar-refractivity contribution in [3.05, 3.63) is 119 Å². The minimum atomic E-state index is -4.33. The average molecular weight is 805 g/mol. The van der Waals surface area contributed by atoms with Gasteiger partial charge in [0, 0.05) is 42.6 Å². The van der Waals surface area contributed by atoms with Crippen LogP contribution in [0.3, 0.4) is 0 Å². The number of hydrogen-bond acceptors (Lipinski definition) is 9. The molecule has 1 spiro atoms. The molecular weight excluding hydrogens is 752 g/mol. The topological polar surface area (TPSA) is 131 Å². The largest absolute Gasteiger partial charge is 0.490 e. The van der Waals surface area contributed by atoms with E-state index in [1.54, 1.807) is 67.6 Å². The van der Waals surface area contributed by atoms with Gasteiger partial charge in [0.1, 0.15) is 11.9 Å².